The first-order valence-electron chi connectivity index (χ1n) is 18.9. The number of hydrogen-bond acceptors (Lipinski definition) is 5. The standard InChI is InChI=1S/C41H68O5Si/c1-6-8-10-12-13-14-15-17-25-31-40(43)46-37(26-20-16-11-9-7-2)32-33-44-34-36(42)35-45-47(41(3,4)5,38-27-21-18-22-28-38)39-29-23-19-24-30-39/h18-19,21-24,27-30,36-37,42H,6-17,20,25-26,31-35H2,1-5H3/t36-,37-/m1/s1. The molecule has 0 saturated heterocycles. The Bertz CT molecular complexity index is 999. The van der Waals surface area contributed by atoms with Gasteiger partial charge in [0, 0.05) is 12.8 Å². The second-order valence-corrected chi connectivity index (χ2v) is 18.7. The van der Waals surface area contributed by atoms with E-state index in [2.05, 4.69) is 83.1 Å². The highest BCUT2D eigenvalue weighted by atomic mass is 28.4. The molecule has 0 aliphatic rings. The summed E-state index contributed by atoms with van der Waals surface area (Å²) < 4.78 is 18.8. The molecule has 0 radical (unpaired) electrons. The van der Waals surface area contributed by atoms with E-state index in [9.17, 15) is 9.90 Å². The number of aliphatic hydroxyl groups excluding tert-OH is 1. The molecule has 0 amide bonds. The monoisotopic (exact) mass is 668 g/mol. The fourth-order valence-corrected chi connectivity index (χ4v) is 11.1. The summed E-state index contributed by atoms with van der Waals surface area (Å²) in [6, 6.07) is 21.0. The molecule has 0 saturated carbocycles. The maximum atomic E-state index is 12.7. The van der Waals surface area contributed by atoms with Crippen LogP contribution in [0.2, 0.25) is 5.04 Å². The van der Waals surface area contributed by atoms with Crippen molar-refractivity contribution in [3.8, 4) is 0 Å². The lowest BCUT2D eigenvalue weighted by atomic mass is 10.1. The largest absolute Gasteiger partial charge is 0.462 e. The maximum Gasteiger partial charge on any atom is 0.306 e. The van der Waals surface area contributed by atoms with Gasteiger partial charge in [0.15, 0.2) is 0 Å². The Morgan fingerprint density at radius 1 is 0.681 bits per heavy atom. The first-order chi connectivity index (χ1) is 22.7. The van der Waals surface area contributed by atoms with Gasteiger partial charge in [-0.25, -0.2) is 0 Å². The van der Waals surface area contributed by atoms with Gasteiger partial charge in [-0.15, -0.1) is 0 Å². The zero-order valence-electron chi connectivity index (χ0n) is 30.7. The number of aliphatic hydroxyl groups is 1. The van der Waals surface area contributed by atoms with Crippen molar-refractivity contribution in [2.24, 2.45) is 0 Å². The summed E-state index contributed by atoms with van der Waals surface area (Å²) in [5.41, 5.74) is 0. The maximum absolute atomic E-state index is 12.7. The fraction of sp³-hybridized carbons (Fsp3) is 0.683. The van der Waals surface area contributed by atoms with Gasteiger partial charge in [0.05, 0.1) is 25.9 Å². The zero-order chi connectivity index (χ0) is 34.2. The molecule has 0 bridgehead atoms. The van der Waals surface area contributed by atoms with Gasteiger partial charge in [-0.1, -0.05) is 172 Å². The lowest BCUT2D eigenvalue weighted by Gasteiger charge is -2.43. The summed E-state index contributed by atoms with van der Waals surface area (Å²) in [6.45, 7) is 12.0. The molecule has 0 aliphatic heterocycles. The van der Waals surface area contributed by atoms with Crippen LogP contribution >= 0.6 is 0 Å². The van der Waals surface area contributed by atoms with Crippen LogP contribution in [0.3, 0.4) is 0 Å². The van der Waals surface area contributed by atoms with Gasteiger partial charge in [-0.2, -0.15) is 0 Å². The molecule has 0 fully saturated rings. The number of carbonyl (C=O) groups is 1. The molecule has 0 heterocycles. The second kappa shape index (κ2) is 24.2. The second-order valence-electron chi connectivity index (χ2n) is 14.4. The summed E-state index contributed by atoms with van der Waals surface area (Å²) in [7, 11) is -2.72. The van der Waals surface area contributed by atoms with E-state index in [1.165, 1.54) is 81.0 Å². The molecule has 5 nitrogen and oxygen atoms in total. The van der Waals surface area contributed by atoms with Gasteiger partial charge < -0.3 is 19.0 Å². The third kappa shape index (κ3) is 15.8. The SMILES string of the molecule is CCCCCCCCCCCC(=O)O[C@H](CCCCCCC)CCOC[C@@H](O)CO[Si](c1ccccc1)(c1ccccc1)C(C)(C)C. The molecule has 0 unspecified atom stereocenters. The first kappa shape index (κ1) is 41.2. The Morgan fingerprint density at radius 2 is 1.17 bits per heavy atom. The highest BCUT2D eigenvalue weighted by Crippen LogP contribution is 2.36. The van der Waals surface area contributed by atoms with Crippen molar-refractivity contribution in [2.45, 2.75) is 161 Å². The van der Waals surface area contributed by atoms with Crippen molar-refractivity contribution >= 4 is 24.7 Å². The first-order valence-corrected chi connectivity index (χ1v) is 20.9. The molecule has 6 heteroatoms. The third-order valence-corrected chi connectivity index (χ3v) is 14.2. The molecule has 0 aliphatic carbocycles. The van der Waals surface area contributed by atoms with Gasteiger partial charge in [0.1, 0.15) is 6.10 Å². The van der Waals surface area contributed by atoms with Gasteiger partial charge in [-0.3, -0.25) is 4.79 Å². The molecule has 1 N–H and O–H groups in total. The third-order valence-electron chi connectivity index (χ3n) is 9.22. The number of hydrogen-bond donors (Lipinski definition) is 1. The summed E-state index contributed by atoms with van der Waals surface area (Å²) in [4.78, 5) is 12.7. The minimum Gasteiger partial charge on any atom is -0.462 e. The van der Waals surface area contributed by atoms with E-state index in [4.69, 9.17) is 13.9 Å². The van der Waals surface area contributed by atoms with Crippen LogP contribution in [0.5, 0.6) is 0 Å². The van der Waals surface area contributed by atoms with Crippen LogP contribution in [0.25, 0.3) is 0 Å². The predicted octanol–water partition coefficient (Wildman–Crippen LogP) is 9.52. The fourth-order valence-electron chi connectivity index (χ4n) is 6.53. The van der Waals surface area contributed by atoms with E-state index in [1.807, 2.05) is 12.1 Å². The van der Waals surface area contributed by atoms with Crippen LogP contribution < -0.4 is 10.4 Å². The predicted molar refractivity (Wildman–Crippen MR) is 200 cm³/mol. The number of carbonyl (C=O) groups excluding carboxylic acids is 1. The van der Waals surface area contributed by atoms with Gasteiger partial charge in [0.25, 0.3) is 8.32 Å². The number of rotatable bonds is 27. The molecule has 2 atom stereocenters. The quantitative estimate of drug-likeness (QED) is 0.0584. The van der Waals surface area contributed by atoms with Crippen molar-refractivity contribution < 1.29 is 23.8 Å². The van der Waals surface area contributed by atoms with Gasteiger partial charge >= 0.3 is 5.97 Å². The average Bonchev–Trinajstić information content (AvgIpc) is 3.06. The van der Waals surface area contributed by atoms with Crippen LogP contribution in [0.4, 0.5) is 0 Å². The highest BCUT2D eigenvalue weighted by Gasteiger charge is 2.50. The molecule has 266 valence electrons. The van der Waals surface area contributed by atoms with E-state index >= 15 is 0 Å². The van der Waals surface area contributed by atoms with E-state index in [1.54, 1.807) is 0 Å². The minimum absolute atomic E-state index is 0.0785. The smallest absolute Gasteiger partial charge is 0.306 e. The van der Waals surface area contributed by atoms with Crippen LogP contribution in [0, 0.1) is 0 Å². The van der Waals surface area contributed by atoms with E-state index in [0.29, 0.717) is 19.4 Å². The molecule has 2 rings (SSSR count). The van der Waals surface area contributed by atoms with Crippen LogP contribution in [-0.4, -0.2) is 51.4 Å². The van der Waals surface area contributed by atoms with Gasteiger partial charge in [0.2, 0.25) is 0 Å². The van der Waals surface area contributed by atoms with E-state index < -0.39 is 14.4 Å². The number of ether oxygens (including phenoxy) is 2. The lowest BCUT2D eigenvalue weighted by Crippen LogP contribution is -2.67. The van der Waals surface area contributed by atoms with E-state index in [0.717, 1.165) is 25.7 Å². The number of esters is 1. The summed E-state index contributed by atoms with van der Waals surface area (Å²) in [5, 5.41) is 13.2. The van der Waals surface area contributed by atoms with Crippen molar-refractivity contribution in [1.82, 2.24) is 0 Å². The van der Waals surface area contributed by atoms with Crippen LogP contribution in [0.15, 0.2) is 60.7 Å². The molecular weight excluding hydrogens is 601 g/mol. The summed E-state index contributed by atoms with van der Waals surface area (Å²) >= 11 is 0. The molecule has 0 aromatic heterocycles. The molecule has 2 aromatic carbocycles. The van der Waals surface area contributed by atoms with Crippen LogP contribution in [0.1, 0.15) is 144 Å². The Balaban J connectivity index is 1.85. The Hall–Kier alpha value is -1.99. The number of unbranched alkanes of at least 4 members (excludes halogenated alkanes) is 12. The summed E-state index contributed by atoms with van der Waals surface area (Å²) in [6.07, 6.45) is 18.2. The molecular formula is C41H68O5Si. The Kier molecular flexibility index (Phi) is 21.2. The zero-order valence-corrected chi connectivity index (χ0v) is 31.7. The van der Waals surface area contributed by atoms with Crippen molar-refractivity contribution in [3.63, 3.8) is 0 Å². The molecule has 47 heavy (non-hydrogen) atoms. The average molecular weight is 669 g/mol. The van der Waals surface area contributed by atoms with Crippen molar-refractivity contribution in [2.75, 3.05) is 19.8 Å². The Labute approximate surface area is 289 Å². The summed E-state index contributed by atoms with van der Waals surface area (Å²) in [5.74, 6) is -0.0785. The topological polar surface area (TPSA) is 65.0 Å². The van der Waals surface area contributed by atoms with E-state index in [-0.39, 0.29) is 30.3 Å². The van der Waals surface area contributed by atoms with Gasteiger partial charge in [-0.05, 0) is 34.7 Å². The van der Waals surface area contributed by atoms with Crippen molar-refractivity contribution in [3.05, 3.63) is 60.7 Å². The lowest BCUT2D eigenvalue weighted by molar-refractivity contribution is -0.150. The van der Waals surface area contributed by atoms with Crippen LogP contribution in [-0.2, 0) is 18.7 Å². The minimum atomic E-state index is -2.72. The Morgan fingerprint density at radius 3 is 1.68 bits per heavy atom. The normalized spacial score (nSPS) is 13.4. The van der Waals surface area contributed by atoms with Crippen molar-refractivity contribution in [1.29, 1.82) is 0 Å². The molecule has 0 spiro atoms. The molecule has 2 aromatic rings. The highest BCUT2D eigenvalue weighted by molar-refractivity contribution is 6.99. The number of benzene rings is 2.